The highest BCUT2D eigenvalue weighted by molar-refractivity contribution is 7.22. The molecule has 6 N–H and O–H groups in total. The van der Waals surface area contributed by atoms with Crippen molar-refractivity contribution in [1.29, 1.82) is 0 Å². The first-order valence-electron chi connectivity index (χ1n) is 10.0. The predicted molar refractivity (Wildman–Crippen MR) is 121 cm³/mol. The van der Waals surface area contributed by atoms with Gasteiger partial charge < -0.3 is 22.1 Å². The highest BCUT2D eigenvalue weighted by Gasteiger charge is 2.24. The van der Waals surface area contributed by atoms with Crippen molar-refractivity contribution in [2.75, 3.05) is 11.9 Å². The van der Waals surface area contributed by atoms with E-state index in [4.69, 9.17) is 11.5 Å². The molecule has 0 saturated heterocycles. The number of carbonyl (C=O) groups excluding carboxylic acids is 2. The van der Waals surface area contributed by atoms with Gasteiger partial charge in [-0.25, -0.2) is 4.98 Å². The van der Waals surface area contributed by atoms with E-state index in [0.29, 0.717) is 37.4 Å². The molecule has 2 aromatic carbocycles. The van der Waals surface area contributed by atoms with Crippen LogP contribution in [-0.4, -0.2) is 35.4 Å². The molecule has 30 heavy (non-hydrogen) atoms. The van der Waals surface area contributed by atoms with E-state index in [1.165, 1.54) is 11.3 Å². The minimum absolute atomic E-state index is 0.302. The Balaban J connectivity index is 1.69. The van der Waals surface area contributed by atoms with Crippen molar-refractivity contribution in [2.24, 2.45) is 11.5 Å². The van der Waals surface area contributed by atoms with Crippen LogP contribution in [0, 0.1) is 0 Å². The van der Waals surface area contributed by atoms with Gasteiger partial charge in [0.05, 0.1) is 16.3 Å². The number of benzene rings is 2. The summed E-state index contributed by atoms with van der Waals surface area (Å²) < 4.78 is 0.987. The summed E-state index contributed by atoms with van der Waals surface area (Å²) in [6, 6.07) is 16.1. The molecule has 2 amide bonds. The van der Waals surface area contributed by atoms with Crippen molar-refractivity contribution in [1.82, 2.24) is 10.3 Å². The molecule has 0 bridgehead atoms. The smallest absolute Gasteiger partial charge is 0.248 e. The van der Waals surface area contributed by atoms with Crippen molar-refractivity contribution in [2.45, 2.75) is 37.8 Å². The number of carbonyl (C=O) groups is 2. The van der Waals surface area contributed by atoms with Crippen LogP contribution in [0.15, 0.2) is 54.6 Å². The molecule has 0 radical (unpaired) electrons. The third-order valence-corrected chi connectivity index (χ3v) is 5.73. The monoisotopic (exact) mass is 425 g/mol. The Morgan fingerprint density at radius 1 is 1.00 bits per heavy atom. The molecular weight excluding hydrogens is 398 g/mol. The van der Waals surface area contributed by atoms with Gasteiger partial charge in [0.2, 0.25) is 11.8 Å². The van der Waals surface area contributed by atoms with Gasteiger partial charge in [0.1, 0.15) is 6.04 Å². The average molecular weight is 426 g/mol. The fraction of sp³-hybridized carbons (Fsp3) is 0.318. The molecule has 0 aliphatic carbocycles. The van der Waals surface area contributed by atoms with Crippen LogP contribution in [-0.2, 0) is 16.0 Å². The standard InChI is InChI=1S/C22H27N5O2S/c23-14-6-9-16(24)20(28)25-18(13-12-15-7-2-1-3-8-15)21(29)27-22-26-17-10-4-5-11-19(17)30-22/h1-5,7-8,10-11,16,18H,6,9,12-14,23-24H2,(H,25,28)(H,26,27,29)/t16-,18+/m0/s1. The minimum Gasteiger partial charge on any atom is -0.343 e. The van der Waals surface area contributed by atoms with Crippen LogP contribution in [0.2, 0.25) is 0 Å². The lowest BCUT2D eigenvalue weighted by molar-refractivity contribution is -0.127. The normalized spacial score (nSPS) is 13.0. The summed E-state index contributed by atoms with van der Waals surface area (Å²) in [6.45, 7) is 0.469. The van der Waals surface area contributed by atoms with E-state index in [1.54, 1.807) is 0 Å². The van der Waals surface area contributed by atoms with E-state index in [1.807, 2.05) is 54.6 Å². The number of nitrogens with one attached hydrogen (secondary N) is 2. The second-order valence-electron chi connectivity index (χ2n) is 7.10. The van der Waals surface area contributed by atoms with Gasteiger partial charge in [-0.1, -0.05) is 53.8 Å². The first kappa shape index (κ1) is 21.9. The number of fused-ring (bicyclic) bond motifs is 1. The van der Waals surface area contributed by atoms with Gasteiger partial charge in [0, 0.05) is 0 Å². The minimum atomic E-state index is -0.714. The van der Waals surface area contributed by atoms with Crippen LogP contribution in [0.5, 0.6) is 0 Å². The largest absolute Gasteiger partial charge is 0.343 e. The third kappa shape index (κ3) is 6.09. The predicted octanol–water partition coefficient (Wildman–Crippen LogP) is 2.42. The van der Waals surface area contributed by atoms with Crippen molar-refractivity contribution in [3.05, 3.63) is 60.2 Å². The van der Waals surface area contributed by atoms with Gasteiger partial charge in [0.15, 0.2) is 5.13 Å². The molecule has 158 valence electrons. The van der Waals surface area contributed by atoms with Gasteiger partial charge in [-0.2, -0.15) is 0 Å². The van der Waals surface area contributed by atoms with Crippen molar-refractivity contribution in [3.8, 4) is 0 Å². The molecule has 0 aliphatic rings. The SMILES string of the molecule is NCCC[C@H](N)C(=O)N[C@H](CCc1ccccc1)C(=O)Nc1nc2ccccc2s1. The zero-order chi connectivity index (χ0) is 21.3. The number of hydrogen-bond acceptors (Lipinski definition) is 6. The second kappa shape index (κ2) is 10.8. The molecule has 0 saturated carbocycles. The summed E-state index contributed by atoms with van der Waals surface area (Å²) in [5, 5.41) is 6.16. The first-order valence-corrected chi connectivity index (χ1v) is 10.8. The number of amides is 2. The Labute approximate surface area is 179 Å². The van der Waals surface area contributed by atoms with Crippen molar-refractivity contribution >= 4 is 38.5 Å². The Hall–Kier alpha value is -2.81. The highest BCUT2D eigenvalue weighted by atomic mass is 32.1. The number of para-hydroxylation sites is 1. The first-order chi connectivity index (χ1) is 14.6. The van der Waals surface area contributed by atoms with Crippen LogP contribution < -0.4 is 22.1 Å². The lowest BCUT2D eigenvalue weighted by Gasteiger charge is -2.20. The summed E-state index contributed by atoms with van der Waals surface area (Å²) >= 11 is 1.40. The van der Waals surface area contributed by atoms with Gasteiger partial charge in [-0.3, -0.25) is 9.59 Å². The molecule has 0 aliphatic heterocycles. The van der Waals surface area contributed by atoms with E-state index in [2.05, 4.69) is 15.6 Å². The average Bonchev–Trinajstić information content (AvgIpc) is 3.17. The number of rotatable bonds is 10. The number of nitrogens with two attached hydrogens (primary N) is 2. The zero-order valence-corrected chi connectivity index (χ0v) is 17.5. The lowest BCUT2D eigenvalue weighted by Crippen LogP contribution is -2.50. The van der Waals surface area contributed by atoms with Crippen LogP contribution in [0.25, 0.3) is 10.2 Å². The number of aromatic nitrogens is 1. The Morgan fingerprint density at radius 3 is 2.47 bits per heavy atom. The Morgan fingerprint density at radius 2 is 1.73 bits per heavy atom. The molecule has 0 spiro atoms. The van der Waals surface area contributed by atoms with Crippen LogP contribution >= 0.6 is 11.3 Å². The molecule has 3 rings (SSSR count). The molecule has 1 heterocycles. The molecule has 7 nitrogen and oxygen atoms in total. The maximum absolute atomic E-state index is 13.0. The number of thiazole rings is 1. The summed E-state index contributed by atoms with van der Waals surface area (Å²) in [6.07, 6.45) is 2.24. The lowest BCUT2D eigenvalue weighted by atomic mass is 10.0. The summed E-state index contributed by atoms with van der Waals surface area (Å²) in [5.41, 5.74) is 13.4. The summed E-state index contributed by atoms with van der Waals surface area (Å²) in [4.78, 5) is 29.9. The summed E-state index contributed by atoms with van der Waals surface area (Å²) in [5.74, 6) is -0.648. The van der Waals surface area contributed by atoms with E-state index in [9.17, 15) is 9.59 Å². The number of aryl methyl sites for hydroxylation is 1. The van der Waals surface area contributed by atoms with Gasteiger partial charge >= 0.3 is 0 Å². The Kier molecular flexibility index (Phi) is 7.89. The van der Waals surface area contributed by atoms with Crippen molar-refractivity contribution in [3.63, 3.8) is 0 Å². The third-order valence-electron chi connectivity index (χ3n) is 4.78. The Bertz CT molecular complexity index is 943. The van der Waals surface area contributed by atoms with Gasteiger partial charge in [0.25, 0.3) is 0 Å². The van der Waals surface area contributed by atoms with Gasteiger partial charge in [-0.05, 0) is 49.9 Å². The molecule has 0 fully saturated rings. The number of anilines is 1. The summed E-state index contributed by atoms with van der Waals surface area (Å²) in [7, 11) is 0. The van der Waals surface area contributed by atoms with E-state index < -0.39 is 12.1 Å². The molecule has 2 atom stereocenters. The van der Waals surface area contributed by atoms with E-state index >= 15 is 0 Å². The maximum atomic E-state index is 13.0. The zero-order valence-electron chi connectivity index (χ0n) is 16.7. The second-order valence-corrected chi connectivity index (χ2v) is 8.13. The molecule has 1 aromatic heterocycles. The molecular formula is C22H27N5O2S. The van der Waals surface area contributed by atoms with Crippen molar-refractivity contribution < 1.29 is 9.59 Å². The quantitative estimate of drug-likeness (QED) is 0.397. The molecule has 3 aromatic rings. The van der Waals surface area contributed by atoms with Crippen LogP contribution in [0.1, 0.15) is 24.8 Å². The fourth-order valence-electron chi connectivity index (χ4n) is 3.09. The maximum Gasteiger partial charge on any atom is 0.248 e. The van der Waals surface area contributed by atoms with Crippen LogP contribution in [0.3, 0.4) is 0 Å². The molecule has 8 heteroatoms. The topological polar surface area (TPSA) is 123 Å². The number of nitrogens with zero attached hydrogens (tertiary/aromatic N) is 1. The fourth-order valence-corrected chi connectivity index (χ4v) is 3.96. The highest BCUT2D eigenvalue weighted by Crippen LogP contribution is 2.25. The van der Waals surface area contributed by atoms with E-state index in [0.717, 1.165) is 15.8 Å². The molecule has 0 unspecified atom stereocenters. The van der Waals surface area contributed by atoms with Crippen LogP contribution in [0.4, 0.5) is 5.13 Å². The van der Waals surface area contributed by atoms with Gasteiger partial charge in [-0.15, -0.1) is 0 Å². The number of hydrogen-bond donors (Lipinski definition) is 4. The van der Waals surface area contributed by atoms with E-state index in [-0.39, 0.29) is 11.8 Å².